The number of hydrogen-bond acceptors (Lipinski definition) is 5. The SMILES string of the molecule is CCCCS(=O)(=O)Nc1ccc(NC(=O)CC(CN)OC)cc1. The zero-order chi connectivity index (χ0) is 17.3. The summed E-state index contributed by atoms with van der Waals surface area (Å²) in [5, 5.41) is 2.71. The minimum absolute atomic E-state index is 0.0967. The maximum atomic E-state index is 11.8. The van der Waals surface area contributed by atoms with Crippen molar-refractivity contribution in [3.63, 3.8) is 0 Å². The van der Waals surface area contributed by atoms with Gasteiger partial charge in [-0.1, -0.05) is 13.3 Å². The molecule has 1 unspecified atom stereocenters. The quantitative estimate of drug-likeness (QED) is 0.597. The highest BCUT2D eigenvalue weighted by Gasteiger charge is 2.12. The second-order valence-electron chi connectivity index (χ2n) is 5.20. The predicted molar refractivity (Wildman–Crippen MR) is 91.9 cm³/mol. The Morgan fingerprint density at radius 1 is 1.26 bits per heavy atom. The molecule has 1 rings (SSSR count). The van der Waals surface area contributed by atoms with Gasteiger partial charge in [0, 0.05) is 25.0 Å². The van der Waals surface area contributed by atoms with Crippen molar-refractivity contribution in [3.8, 4) is 0 Å². The Morgan fingerprint density at radius 3 is 2.39 bits per heavy atom. The third-order valence-electron chi connectivity index (χ3n) is 3.22. The first-order chi connectivity index (χ1) is 10.9. The van der Waals surface area contributed by atoms with Crippen LogP contribution in [-0.4, -0.2) is 39.8 Å². The second kappa shape index (κ2) is 9.49. The number of hydrogen-bond donors (Lipinski definition) is 3. The van der Waals surface area contributed by atoms with Gasteiger partial charge in [0.1, 0.15) is 0 Å². The number of benzene rings is 1. The Hall–Kier alpha value is -1.64. The first kappa shape index (κ1) is 19.4. The predicted octanol–water partition coefficient (Wildman–Crippen LogP) is 1.53. The standard InChI is InChI=1S/C15H25N3O4S/c1-3-4-9-23(20,21)18-13-7-5-12(6-8-13)17-15(19)10-14(11-16)22-2/h5-8,14,18H,3-4,9-11,16H2,1-2H3,(H,17,19). The maximum Gasteiger partial charge on any atom is 0.232 e. The van der Waals surface area contributed by atoms with Gasteiger partial charge in [0.15, 0.2) is 0 Å². The number of carbonyl (C=O) groups is 1. The van der Waals surface area contributed by atoms with Crippen molar-refractivity contribution in [1.82, 2.24) is 0 Å². The molecule has 7 nitrogen and oxygen atoms in total. The van der Waals surface area contributed by atoms with Gasteiger partial charge in [-0.3, -0.25) is 9.52 Å². The van der Waals surface area contributed by atoms with Gasteiger partial charge in [-0.2, -0.15) is 0 Å². The molecule has 0 bridgehead atoms. The van der Waals surface area contributed by atoms with Crippen LogP contribution in [0.2, 0.25) is 0 Å². The van der Waals surface area contributed by atoms with Crippen LogP contribution in [0.15, 0.2) is 24.3 Å². The van der Waals surface area contributed by atoms with Gasteiger partial charge in [-0.25, -0.2) is 8.42 Å². The van der Waals surface area contributed by atoms with Crippen LogP contribution in [0.3, 0.4) is 0 Å². The van der Waals surface area contributed by atoms with Crippen LogP contribution >= 0.6 is 0 Å². The Bertz CT molecular complexity index is 583. The topological polar surface area (TPSA) is 111 Å². The number of nitrogens with two attached hydrogens (primary N) is 1. The van der Waals surface area contributed by atoms with Crippen molar-refractivity contribution >= 4 is 27.3 Å². The molecule has 0 saturated heterocycles. The molecular weight excluding hydrogens is 318 g/mol. The number of carbonyl (C=O) groups excluding carboxylic acids is 1. The van der Waals surface area contributed by atoms with E-state index in [-0.39, 0.29) is 30.7 Å². The van der Waals surface area contributed by atoms with Crippen LogP contribution in [0.1, 0.15) is 26.2 Å². The molecule has 130 valence electrons. The van der Waals surface area contributed by atoms with Gasteiger partial charge in [0.25, 0.3) is 0 Å². The molecule has 0 fully saturated rings. The van der Waals surface area contributed by atoms with E-state index in [1.54, 1.807) is 24.3 Å². The maximum absolute atomic E-state index is 11.8. The van der Waals surface area contributed by atoms with Crippen LogP contribution in [-0.2, 0) is 19.6 Å². The summed E-state index contributed by atoms with van der Waals surface area (Å²) in [6.45, 7) is 2.20. The van der Waals surface area contributed by atoms with Gasteiger partial charge in [0.05, 0.1) is 18.3 Å². The molecule has 0 aliphatic carbocycles. The third-order valence-corrected chi connectivity index (χ3v) is 4.59. The fraction of sp³-hybridized carbons (Fsp3) is 0.533. The highest BCUT2D eigenvalue weighted by atomic mass is 32.2. The number of methoxy groups -OCH3 is 1. The molecule has 0 heterocycles. The van der Waals surface area contributed by atoms with Gasteiger partial charge in [0.2, 0.25) is 15.9 Å². The van der Waals surface area contributed by atoms with Crippen molar-refractivity contribution in [1.29, 1.82) is 0 Å². The number of amides is 1. The molecule has 1 aromatic carbocycles. The monoisotopic (exact) mass is 343 g/mol. The summed E-state index contributed by atoms with van der Waals surface area (Å²) in [5.41, 5.74) is 6.52. The van der Waals surface area contributed by atoms with Crippen LogP contribution in [0, 0.1) is 0 Å². The van der Waals surface area contributed by atoms with Gasteiger partial charge in [-0.05, 0) is 30.7 Å². The van der Waals surface area contributed by atoms with Crippen LogP contribution in [0.4, 0.5) is 11.4 Å². The number of unbranched alkanes of at least 4 members (excludes halogenated alkanes) is 1. The fourth-order valence-corrected chi connectivity index (χ4v) is 3.13. The Labute approximate surface area is 137 Å². The lowest BCUT2D eigenvalue weighted by molar-refractivity contribution is -0.118. The van der Waals surface area contributed by atoms with E-state index in [0.29, 0.717) is 17.8 Å². The van der Waals surface area contributed by atoms with Crippen molar-refractivity contribution in [2.45, 2.75) is 32.3 Å². The number of rotatable bonds is 10. The van der Waals surface area contributed by atoms with E-state index >= 15 is 0 Å². The molecule has 0 saturated carbocycles. The number of nitrogens with one attached hydrogen (secondary N) is 2. The highest BCUT2D eigenvalue weighted by molar-refractivity contribution is 7.92. The first-order valence-electron chi connectivity index (χ1n) is 7.53. The van der Waals surface area contributed by atoms with Crippen LogP contribution in [0.5, 0.6) is 0 Å². The molecular formula is C15H25N3O4S. The number of sulfonamides is 1. The van der Waals surface area contributed by atoms with Crippen molar-refractivity contribution in [2.24, 2.45) is 5.73 Å². The summed E-state index contributed by atoms with van der Waals surface area (Å²) < 4.78 is 31.2. The lowest BCUT2D eigenvalue weighted by Gasteiger charge is -2.13. The van der Waals surface area contributed by atoms with E-state index in [9.17, 15) is 13.2 Å². The molecule has 0 spiro atoms. The van der Waals surface area contributed by atoms with Crippen molar-refractivity contribution in [3.05, 3.63) is 24.3 Å². The van der Waals surface area contributed by atoms with E-state index < -0.39 is 10.0 Å². The normalized spacial score (nSPS) is 12.7. The van der Waals surface area contributed by atoms with Crippen LogP contribution < -0.4 is 15.8 Å². The molecule has 1 aromatic rings. The Morgan fingerprint density at radius 2 is 1.87 bits per heavy atom. The molecule has 0 aromatic heterocycles. The second-order valence-corrected chi connectivity index (χ2v) is 7.04. The highest BCUT2D eigenvalue weighted by Crippen LogP contribution is 2.16. The summed E-state index contributed by atoms with van der Waals surface area (Å²) in [5.74, 6) is -0.113. The zero-order valence-corrected chi connectivity index (χ0v) is 14.4. The summed E-state index contributed by atoms with van der Waals surface area (Å²) >= 11 is 0. The lowest BCUT2D eigenvalue weighted by Crippen LogP contribution is -2.28. The molecule has 4 N–H and O–H groups in total. The minimum atomic E-state index is -3.32. The van der Waals surface area contributed by atoms with Gasteiger partial charge in [-0.15, -0.1) is 0 Å². The first-order valence-corrected chi connectivity index (χ1v) is 9.18. The molecule has 23 heavy (non-hydrogen) atoms. The third kappa shape index (κ3) is 7.45. The molecule has 0 aliphatic rings. The molecule has 0 radical (unpaired) electrons. The average Bonchev–Trinajstić information content (AvgIpc) is 2.52. The smallest absolute Gasteiger partial charge is 0.232 e. The summed E-state index contributed by atoms with van der Waals surface area (Å²) in [7, 11) is -1.82. The summed E-state index contributed by atoms with van der Waals surface area (Å²) in [4.78, 5) is 11.8. The van der Waals surface area contributed by atoms with Crippen molar-refractivity contribution in [2.75, 3.05) is 29.4 Å². The minimum Gasteiger partial charge on any atom is -0.380 e. The fourth-order valence-electron chi connectivity index (χ4n) is 1.87. The van der Waals surface area contributed by atoms with E-state index in [2.05, 4.69) is 10.0 Å². The number of anilines is 2. The Balaban J connectivity index is 2.58. The molecule has 0 aliphatic heterocycles. The van der Waals surface area contributed by atoms with Gasteiger partial charge >= 0.3 is 0 Å². The Kier molecular flexibility index (Phi) is 8.01. The lowest BCUT2D eigenvalue weighted by atomic mass is 10.2. The summed E-state index contributed by atoms with van der Waals surface area (Å²) in [6.07, 6.45) is 1.28. The zero-order valence-electron chi connectivity index (χ0n) is 13.5. The average molecular weight is 343 g/mol. The molecule has 8 heteroatoms. The summed E-state index contributed by atoms with van der Waals surface area (Å²) in [6, 6.07) is 6.49. The van der Waals surface area contributed by atoms with Crippen LogP contribution in [0.25, 0.3) is 0 Å². The van der Waals surface area contributed by atoms with Gasteiger partial charge < -0.3 is 15.8 Å². The van der Waals surface area contributed by atoms with E-state index in [1.165, 1.54) is 7.11 Å². The van der Waals surface area contributed by atoms with Crippen molar-refractivity contribution < 1.29 is 17.9 Å². The molecule has 1 amide bonds. The van der Waals surface area contributed by atoms with E-state index in [0.717, 1.165) is 6.42 Å². The largest absolute Gasteiger partial charge is 0.380 e. The van der Waals surface area contributed by atoms with E-state index in [4.69, 9.17) is 10.5 Å². The molecule has 1 atom stereocenters. The number of ether oxygens (including phenoxy) is 1. The van der Waals surface area contributed by atoms with E-state index in [1.807, 2.05) is 6.92 Å².